The lowest BCUT2D eigenvalue weighted by molar-refractivity contribution is -0.122. The van der Waals surface area contributed by atoms with E-state index in [0.717, 1.165) is 6.26 Å². The molecular weight excluding hydrogens is 360 g/mol. The number of sulfonamides is 1. The summed E-state index contributed by atoms with van der Waals surface area (Å²) >= 11 is 0. The highest BCUT2D eigenvalue weighted by molar-refractivity contribution is 7.92. The molecule has 0 aliphatic heterocycles. The van der Waals surface area contributed by atoms with Crippen molar-refractivity contribution >= 4 is 33.3 Å². The van der Waals surface area contributed by atoms with Gasteiger partial charge in [-0.1, -0.05) is 0 Å². The second-order valence-electron chi connectivity index (χ2n) is 5.57. The van der Waals surface area contributed by atoms with E-state index < -0.39 is 22.1 Å². The monoisotopic (exact) mass is 380 g/mol. The molecule has 0 fully saturated rings. The van der Waals surface area contributed by atoms with Crippen LogP contribution in [-0.2, 0) is 21.4 Å². The van der Waals surface area contributed by atoms with Gasteiger partial charge in [0.1, 0.15) is 11.8 Å². The third-order valence-electron chi connectivity index (χ3n) is 3.20. The predicted molar refractivity (Wildman–Crippen MR) is 97.1 cm³/mol. The molecule has 1 heterocycles. The van der Waals surface area contributed by atoms with Crippen LogP contribution in [0, 0.1) is 0 Å². The van der Waals surface area contributed by atoms with Crippen molar-refractivity contribution in [2.75, 3.05) is 16.3 Å². The Morgan fingerprint density at radius 2 is 1.77 bits per heavy atom. The van der Waals surface area contributed by atoms with Gasteiger partial charge in [0.2, 0.25) is 15.9 Å². The molecule has 2 rings (SSSR count). The lowest BCUT2D eigenvalue weighted by Gasteiger charge is -2.14. The minimum Gasteiger partial charge on any atom is -0.467 e. The van der Waals surface area contributed by atoms with Crippen LogP contribution in [-0.4, -0.2) is 32.7 Å². The van der Waals surface area contributed by atoms with Gasteiger partial charge < -0.3 is 20.4 Å². The van der Waals surface area contributed by atoms with Crippen LogP contribution in [0.1, 0.15) is 12.7 Å². The Kier molecular flexibility index (Phi) is 6.23. The standard InChI is InChI=1S/C16H20N4O5S/c1-11(15(21)17-10-14-4-3-9-25-14)18-16(22)19-12-5-7-13(8-6-12)20-26(2,23)24/h3-9,11,20H,10H2,1-2H3,(H,17,21)(H2,18,19,22). The average molecular weight is 380 g/mol. The fourth-order valence-electron chi connectivity index (χ4n) is 2.01. The van der Waals surface area contributed by atoms with Gasteiger partial charge in [0.05, 0.1) is 19.1 Å². The zero-order valence-corrected chi connectivity index (χ0v) is 15.1. The van der Waals surface area contributed by atoms with Gasteiger partial charge in [0, 0.05) is 11.4 Å². The summed E-state index contributed by atoms with van der Waals surface area (Å²) in [5.41, 5.74) is 0.828. The fraction of sp³-hybridized carbons (Fsp3) is 0.250. The molecule has 1 aromatic carbocycles. The Morgan fingerprint density at radius 3 is 2.35 bits per heavy atom. The smallest absolute Gasteiger partial charge is 0.319 e. The maximum Gasteiger partial charge on any atom is 0.319 e. The Labute approximate surface area is 151 Å². The van der Waals surface area contributed by atoms with Crippen LogP contribution in [0.5, 0.6) is 0 Å². The third-order valence-corrected chi connectivity index (χ3v) is 3.81. The molecule has 3 amide bonds. The van der Waals surface area contributed by atoms with Crippen LogP contribution >= 0.6 is 0 Å². The molecule has 0 saturated carbocycles. The van der Waals surface area contributed by atoms with E-state index in [1.807, 2.05) is 0 Å². The summed E-state index contributed by atoms with van der Waals surface area (Å²) in [4.78, 5) is 23.9. The van der Waals surface area contributed by atoms with Gasteiger partial charge in [0.15, 0.2) is 0 Å². The van der Waals surface area contributed by atoms with Crippen molar-refractivity contribution in [2.45, 2.75) is 19.5 Å². The summed E-state index contributed by atoms with van der Waals surface area (Å²) in [6, 6.07) is 8.22. The Morgan fingerprint density at radius 1 is 1.12 bits per heavy atom. The van der Waals surface area contributed by atoms with Crippen molar-refractivity contribution in [3.8, 4) is 0 Å². The molecule has 26 heavy (non-hydrogen) atoms. The maximum atomic E-state index is 11.9. The van der Waals surface area contributed by atoms with Gasteiger partial charge >= 0.3 is 6.03 Å². The van der Waals surface area contributed by atoms with E-state index in [-0.39, 0.29) is 12.5 Å². The molecule has 1 aromatic heterocycles. The first-order chi connectivity index (χ1) is 12.2. The predicted octanol–water partition coefficient (Wildman–Crippen LogP) is 1.48. The second kappa shape index (κ2) is 8.39. The van der Waals surface area contributed by atoms with Crippen molar-refractivity contribution in [1.82, 2.24) is 10.6 Å². The van der Waals surface area contributed by atoms with Crippen molar-refractivity contribution < 1.29 is 22.4 Å². The second-order valence-corrected chi connectivity index (χ2v) is 7.32. The van der Waals surface area contributed by atoms with Gasteiger partial charge in [-0.3, -0.25) is 9.52 Å². The van der Waals surface area contributed by atoms with Crippen LogP contribution < -0.4 is 20.7 Å². The molecule has 0 bridgehead atoms. The molecular formula is C16H20N4O5S. The largest absolute Gasteiger partial charge is 0.467 e. The molecule has 1 atom stereocenters. The quantitative estimate of drug-likeness (QED) is 0.578. The Balaban J connectivity index is 1.80. The molecule has 4 N–H and O–H groups in total. The normalized spacial score (nSPS) is 12.1. The molecule has 0 radical (unpaired) electrons. The lowest BCUT2D eigenvalue weighted by Crippen LogP contribution is -2.46. The van der Waals surface area contributed by atoms with Gasteiger partial charge in [-0.25, -0.2) is 13.2 Å². The van der Waals surface area contributed by atoms with Crippen molar-refractivity contribution in [3.05, 3.63) is 48.4 Å². The molecule has 0 aliphatic carbocycles. The molecule has 0 saturated heterocycles. The molecule has 0 aliphatic rings. The molecule has 140 valence electrons. The summed E-state index contributed by atoms with van der Waals surface area (Å²) in [5.74, 6) is 0.252. The van der Waals surface area contributed by atoms with Crippen molar-refractivity contribution in [3.63, 3.8) is 0 Å². The topological polar surface area (TPSA) is 130 Å². The molecule has 0 spiro atoms. The number of rotatable bonds is 7. The van der Waals surface area contributed by atoms with Crippen molar-refractivity contribution in [1.29, 1.82) is 0 Å². The van der Waals surface area contributed by atoms with Crippen LogP contribution in [0.15, 0.2) is 47.1 Å². The van der Waals surface area contributed by atoms with Gasteiger partial charge in [-0.15, -0.1) is 0 Å². The summed E-state index contributed by atoms with van der Waals surface area (Å²) in [6.45, 7) is 1.78. The number of anilines is 2. The highest BCUT2D eigenvalue weighted by atomic mass is 32.2. The summed E-state index contributed by atoms with van der Waals surface area (Å²) in [6.07, 6.45) is 2.55. The Hall–Kier alpha value is -3.01. The third kappa shape index (κ3) is 6.48. The number of amides is 3. The number of carbonyl (C=O) groups excluding carboxylic acids is 2. The van der Waals surface area contributed by atoms with E-state index in [1.54, 1.807) is 19.1 Å². The van der Waals surface area contributed by atoms with E-state index >= 15 is 0 Å². The van der Waals surface area contributed by atoms with Gasteiger partial charge in [-0.2, -0.15) is 0 Å². The summed E-state index contributed by atoms with van der Waals surface area (Å²) in [7, 11) is -3.36. The first-order valence-corrected chi connectivity index (χ1v) is 9.57. The van der Waals surface area contributed by atoms with Crippen LogP contribution in [0.2, 0.25) is 0 Å². The van der Waals surface area contributed by atoms with Crippen LogP contribution in [0.3, 0.4) is 0 Å². The minimum atomic E-state index is -3.36. The molecule has 2 aromatic rings. The number of hydrogen-bond donors (Lipinski definition) is 4. The molecule has 10 heteroatoms. The fourth-order valence-corrected chi connectivity index (χ4v) is 2.57. The number of furan rings is 1. The summed E-state index contributed by atoms with van der Waals surface area (Å²) < 4.78 is 29.7. The first-order valence-electron chi connectivity index (χ1n) is 7.68. The van der Waals surface area contributed by atoms with Crippen LogP contribution in [0.4, 0.5) is 16.2 Å². The van der Waals surface area contributed by atoms with E-state index in [2.05, 4.69) is 20.7 Å². The number of benzene rings is 1. The van der Waals surface area contributed by atoms with Gasteiger partial charge in [0.25, 0.3) is 0 Å². The number of carbonyl (C=O) groups is 2. The Bertz CT molecular complexity index is 847. The number of hydrogen-bond acceptors (Lipinski definition) is 5. The highest BCUT2D eigenvalue weighted by Crippen LogP contribution is 2.14. The molecule has 1 unspecified atom stereocenters. The summed E-state index contributed by atoms with van der Waals surface area (Å²) in [5, 5.41) is 7.71. The van der Waals surface area contributed by atoms with Crippen molar-refractivity contribution in [2.24, 2.45) is 0 Å². The van der Waals surface area contributed by atoms with E-state index in [4.69, 9.17) is 4.42 Å². The zero-order chi connectivity index (χ0) is 19.2. The molecule has 9 nitrogen and oxygen atoms in total. The SMILES string of the molecule is CC(NC(=O)Nc1ccc(NS(C)(=O)=O)cc1)C(=O)NCc1ccco1. The van der Waals surface area contributed by atoms with Crippen LogP contribution in [0.25, 0.3) is 0 Å². The van der Waals surface area contributed by atoms with E-state index in [9.17, 15) is 18.0 Å². The first kappa shape index (κ1) is 19.3. The zero-order valence-electron chi connectivity index (χ0n) is 14.3. The van der Waals surface area contributed by atoms with Gasteiger partial charge in [-0.05, 0) is 43.3 Å². The maximum absolute atomic E-state index is 11.9. The number of nitrogens with one attached hydrogen (secondary N) is 4. The van der Waals surface area contributed by atoms with E-state index in [1.165, 1.54) is 30.5 Å². The van der Waals surface area contributed by atoms with E-state index in [0.29, 0.717) is 17.1 Å². The average Bonchev–Trinajstić information content (AvgIpc) is 3.06. The number of urea groups is 1. The highest BCUT2D eigenvalue weighted by Gasteiger charge is 2.15. The lowest BCUT2D eigenvalue weighted by atomic mass is 10.3. The minimum absolute atomic E-state index is 0.230.